The Morgan fingerprint density at radius 2 is 2.00 bits per heavy atom. The van der Waals surface area contributed by atoms with Gasteiger partial charge in [0, 0.05) is 31.0 Å². The average Bonchev–Trinajstić information content (AvgIpc) is 3.17. The van der Waals surface area contributed by atoms with Crippen molar-refractivity contribution in [1.29, 1.82) is 0 Å². The smallest absolute Gasteiger partial charge is 0.319 e. The Morgan fingerprint density at radius 1 is 1.24 bits per heavy atom. The molecule has 0 radical (unpaired) electrons. The third-order valence-electron chi connectivity index (χ3n) is 4.57. The van der Waals surface area contributed by atoms with Crippen molar-refractivity contribution in [3.8, 4) is 0 Å². The Hall–Kier alpha value is -2.58. The maximum atomic E-state index is 12.4. The van der Waals surface area contributed by atoms with Crippen molar-refractivity contribution in [1.82, 2.24) is 25.7 Å². The van der Waals surface area contributed by atoms with Crippen molar-refractivity contribution >= 4 is 30.0 Å². The molecular formula is C20H29ClN6O2. The number of piperidine rings is 1. The van der Waals surface area contributed by atoms with E-state index in [1.54, 1.807) is 6.07 Å². The number of nitrogens with one attached hydrogen (secondary N) is 4. The van der Waals surface area contributed by atoms with E-state index in [0.29, 0.717) is 24.0 Å². The number of hydrogen-bond acceptors (Lipinski definition) is 4. The predicted octanol–water partition coefficient (Wildman–Crippen LogP) is 2.69. The van der Waals surface area contributed by atoms with Crippen LogP contribution in [0.15, 0.2) is 36.5 Å². The Balaban J connectivity index is 0.00000300. The molecule has 3 rings (SSSR count). The minimum atomic E-state index is -0.236. The first kappa shape index (κ1) is 22.7. The largest absolute Gasteiger partial charge is 0.347 e. The number of carbonyl (C=O) groups is 2. The van der Waals surface area contributed by atoms with Crippen LogP contribution in [0.1, 0.15) is 48.8 Å². The second kappa shape index (κ2) is 10.8. The fraction of sp³-hybridized carbons (Fsp3) is 0.450. The van der Waals surface area contributed by atoms with Crippen LogP contribution in [0.4, 0.5) is 10.5 Å². The van der Waals surface area contributed by atoms with Crippen LogP contribution in [0.5, 0.6) is 0 Å². The highest BCUT2D eigenvalue weighted by Crippen LogP contribution is 2.16. The van der Waals surface area contributed by atoms with Crippen LogP contribution in [-0.2, 0) is 6.54 Å². The van der Waals surface area contributed by atoms with Gasteiger partial charge in [-0.1, -0.05) is 12.1 Å². The molecule has 0 bridgehead atoms. The summed E-state index contributed by atoms with van der Waals surface area (Å²) in [6.45, 7) is 6.14. The average molecular weight is 421 g/mol. The van der Waals surface area contributed by atoms with Crippen molar-refractivity contribution in [3.05, 3.63) is 47.8 Å². The Labute approximate surface area is 177 Å². The van der Waals surface area contributed by atoms with E-state index in [1.165, 1.54) is 0 Å². The maximum Gasteiger partial charge on any atom is 0.319 e. The van der Waals surface area contributed by atoms with E-state index in [1.807, 2.05) is 49.0 Å². The van der Waals surface area contributed by atoms with Gasteiger partial charge in [0.05, 0.1) is 6.04 Å². The summed E-state index contributed by atoms with van der Waals surface area (Å²) >= 11 is 0. The summed E-state index contributed by atoms with van der Waals surface area (Å²) in [5, 5.41) is 16.2. The molecule has 29 heavy (non-hydrogen) atoms. The first-order valence-corrected chi connectivity index (χ1v) is 9.72. The van der Waals surface area contributed by atoms with Gasteiger partial charge in [-0.25, -0.2) is 4.79 Å². The van der Waals surface area contributed by atoms with Gasteiger partial charge in [-0.05, 0) is 57.0 Å². The molecule has 8 nitrogen and oxygen atoms in total. The van der Waals surface area contributed by atoms with Gasteiger partial charge in [0.2, 0.25) is 0 Å². The molecule has 1 unspecified atom stereocenters. The summed E-state index contributed by atoms with van der Waals surface area (Å²) in [5.41, 5.74) is 2.07. The number of nitrogens with zero attached hydrogens (tertiary/aromatic N) is 2. The zero-order valence-electron chi connectivity index (χ0n) is 16.8. The number of urea groups is 1. The van der Waals surface area contributed by atoms with Crippen LogP contribution >= 0.6 is 12.4 Å². The summed E-state index contributed by atoms with van der Waals surface area (Å²) < 4.78 is 1.88. The highest BCUT2D eigenvalue weighted by Gasteiger charge is 2.17. The third kappa shape index (κ3) is 6.76. The Kier molecular flexibility index (Phi) is 8.48. The van der Waals surface area contributed by atoms with E-state index in [0.717, 1.165) is 31.5 Å². The number of benzene rings is 1. The molecule has 158 valence electrons. The molecule has 1 aromatic heterocycles. The summed E-state index contributed by atoms with van der Waals surface area (Å²) in [6, 6.07) is 9.27. The third-order valence-corrected chi connectivity index (χ3v) is 4.57. The van der Waals surface area contributed by atoms with Crippen LogP contribution in [0, 0.1) is 0 Å². The maximum absolute atomic E-state index is 12.4. The molecule has 0 spiro atoms. The standard InChI is InChI=1S/C20H28N6O2.ClH/c1-14(2)23-20(28)24-16-7-5-15(6-8-16)12-22-19(27)18-9-11-26(25-18)17-4-3-10-21-13-17;/h5-9,11,14,17,21H,3-4,10,12-13H2,1-2H3,(H,22,27)(H2,23,24,28);1H. The zero-order chi connectivity index (χ0) is 19.9. The molecule has 2 heterocycles. The van der Waals surface area contributed by atoms with Gasteiger partial charge in [0.1, 0.15) is 5.69 Å². The van der Waals surface area contributed by atoms with Gasteiger partial charge in [0.15, 0.2) is 0 Å². The van der Waals surface area contributed by atoms with Crippen molar-refractivity contribution < 1.29 is 9.59 Å². The van der Waals surface area contributed by atoms with E-state index in [4.69, 9.17) is 0 Å². The van der Waals surface area contributed by atoms with Gasteiger partial charge >= 0.3 is 6.03 Å². The van der Waals surface area contributed by atoms with Gasteiger partial charge in [0.25, 0.3) is 5.91 Å². The van der Waals surface area contributed by atoms with Crippen molar-refractivity contribution in [2.75, 3.05) is 18.4 Å². The molecule has 1 fully saturated rings. The summed E-state index contributed by atoms with van der Waals surface area (Å²) in [7, 11) is 0. The van der Waals surface area contributed by atoms with E-state index >= 15 is 0 Å². The number of amides is 3. The van der Waals surface area contributed by atoms with E-state index < -0.39 is 0 Å². The molecule has 0 aliphatic carbocycles. The number of halogens is 1. The molecule has 3 amide bonds. The van der Waals surface area contributed by atoms with Crippen molar-refractivity contribution in [3.63, 3.8) is 0 Å². The van der Waals surface area contributed by atoms with Crippen LogP contribution in [0.25, 0.3) is 0 Å². The molecule has 1 aliphatic rings. The Bertz CT molecular complexity index is 800. The zero-order valence-corrected chi connectivity index (χ0v) is 17.6. The molecule has 1 saturated heterocycles. The second-order valence-corrected chi connectivity index (χ2v) is 7.31. The summed E-state index contributed by atoms with van der Waals surface area (Å²) in [6.07, 6.45) is 4.07. The lowest BCUT2D eigenvalue weighted by molar-refractivity contribution is 0.0944. The van der Waals surface area contributed by atoms with E-state index in [-0.39, 0.29) is 30.4 Å². The fourth-order valence-corrected chi connectivity index (χ4v) is 3.13. The first-order valence-electron chi connectivity index (χ1n) is 9.72. The summed E-state index contributed by atoms with van der Waals surface area (Å²) in [4.78, 5) is 24.1. The van der Waals surface area contributed by atoms with E-state index in [9.17, 15) is 9.59 Å². The highest BCUT2D eigenvalue weighted by molar-refractivity contribution is 5.92. The number of rotatable bonds is 6. The fourth-order valence-electron chi connectivity index (χ4n) is 3.13. The van der Waals surface area contributed by atoms with Gasteiger partial charge < -0.3 is 21.3 Å². The van der Waals surface area contributed by atoms with E-state index in [2.05, 4.69) is 26.4 Å². The van der Waals surface area contributed by atoms with Crippen LogP contribution in [0.3, 0.4) is 0 Å². The number of aromatic nitrogens is 2. The van der Waals surface area contributed by atoms with Gasteiger partial charge in [-0.3, -0.25) is 9.48 Å². The van der Waals surface area contributed by atoms with Gasteiger partial charge in [-0.15, -0.1) is 12.4 Å². The quantitative estimate of drug-likeness (QED) is 0.577. The lowest BCUT2D eigenvalue weighted by Gasteiger charge is -2.22. The molecule has 9 heteroatoms. The molecule has 2 aromatic rings. The topological polar surface area (TPSA) is 100 Å². The first-order chi connectivity index (χ1) is 13.5. The number of hydrogen-bond donors (Lipinski definition) is 4. The highest BCUT2D eigenvalue weighted by atomic mass is 35.5. The molecule has 0 saturated carbocycles. The minimum Gasteiger partial charge on any atom is -0.347 e. The molecule has 1 aromatic carbocycles. The van der Waals surface area contributed by atoms with Crippen LogP contribution in [-0.4, -0.2) is 40.9 Å². The lowest BCUT2D eigenvalue weighted by atomic mass is 10.1. The van der Waals surface area contributed by atoms with Gasteiger partial charge in [-0.2, -0.15) is 5.10 Å². The second-order valence-electron chi connectivity index (χ2n) is 7.31. The lowest BCUT2D eigenvalue weighted by Crippen LogP contribution is -2.34. The Morgan fingerprint density at radius 3 is 2.66 bits per heavy atom. The number of carbonyl (C=O) groups excluding carboxylic acids is 2. The molecular weight excluding hydrogens is 392 g/mol. The van der Waals surface area contributed by atoms with Crippen molar-refractivity contribution in [2.45, 2.75) is 45.3 Å². The predicted molar refractivity (Wildman–Crippen MR) is 116 cm³/mol. The molecule has 1 atom stereocenters. The SMILES string of the molecule is CC(C)NC(=O)Nc1ccc(CNC(=O)c2ccn(C3CCCNC3)n2)cc1.Cl. The van der Waals surface area contributed by atoms with Crippen molar-refractivity contribution in [2.24, 2.45) is 0 Å². The molecule has 4 N–H and O–H groups in total. The normalized spacial score (nSPS) is 16.0. The van der Waals surface area contributed by atoms with Crippen LogP contribution < -0.4 is 21.3 Å². The molecule has 1 aliphatic heterocycles. The monoisotopic (exact) mass is 420 g/mol. The van der Waals surface area contributed by atoms with Crippen LogP contribution in [0.2, 0.25) is 0 Å². The summed E-state index contributed by atoms with van der Waals surface area (Å²) in [5.74, 6) is -0.193. The minimum absolute atomic E-state index is 0. The number of anilines is 1.